The summed E-state index contributed by atoms with van der Waals surface area (Å²) in [7, 11) is 0. The van der Waals surface area contributed by atoms with Crippen molar-refractivity contribution in [2.45, 2.75) is 20.3 Å². The highest BCUT2D eigenvalue weighted by molar-refractivity contribution is 9.11. The normalized spacial score (nSPS) is 14.6. The van der Waals surface area contributed by atoms with E-state index in [1.807, 2.05) is 18.2 Å². The Balaban J connectivity index is 2.67. The third-order valence-electron chi connectivity index (χ3n) is 2.87. The molecule has 1 aromatic rings. The van der Waals surface area contributed by atoms with Crippen LogP contribution in [-0.2, 0) is 0 Å². The fourth-order valence-electron chi connectivity index (χ4n) is 1.23. The molecule has 0 aliphatic carbocycles. The number of aliphatic hydroxyl groups excluding tert-OH is 1. The van der Waals surface area contributed by atoms with Gasteiger partial charge in [-0.25, -0.2) is 0 Å². The Kier molecular flexibility index (Phi) is 5.28. The van der Waals surface area contributed by atoms with Crippen molar-refractivity contribution in [3.8, 4) is 0 Å². The summed E-state index contributed by atoms with van der Waals surface area (Å²) < 4.78 is 2.07. The topological polar surface area (TPSA) is 32.3 Å². The Labute approximate surface area is 114 Å². The Bertz CT molecular complexity index is 351. The van der Waals surface area contributed by atoms with Crippen molar-refractivity contribution < 1.29 is 5.11 Å². The van der Waals surface area contributed by atoms with Crippen molar-refractivity contribution in [2.24, 2.45) is 5.41 Å². The molecule has 0 fully saturated rings. The molecule has 2 N–H and O–H groups in total. The highest BCUT2D eigenvalue weighted by atomic mass is 79.9. The molecule has 1 unspecified atom stereocenters. The molecule has 0 aliphatic rings. The van der Waals surface area contributed by atoms with Crippen LogP contribution in [0.2, 0.25) is 0 Å². The largest absolute Gasteiger partial charge is 0.396 e. The van der Waals surface area contributed by atoms with Crippen molar-refractivity contribution in [3.05, 3.63) is 27.1 Å². The standard InChI is InChI=1S/C12H17Br2NO/c1-3-12(2,8-16)7-15-11-5-4-9(13)6-10(11)14/h4-6,15-16H,3,7-8H2,1-2H3. The molecule has 90 valence electrons. The number of aliphatic hydroxyl groups is 1. The van der Waals surface area contributed by atoms with Gasteiger partial charge in [-0.1, -0.05) is 29.8 Å². The summed E-state index contributed by atoms with van der Waals surface area (Å²) in [5, 5.41) is 12.7. The van der Waals surface area contributed by atoms with E-state index in [2.05, 4.69) is 51.0 Å². The van der Waals surface area contributed by atoms with Crippen molar-refractivity contribution >= 4 is 37.5 Å². The van der Waals surface area contributed by atoms with Gasteiger partial charge in [0.05, 0.1) is 6.61 Å². The first-order valence-electron chi connectivity index (χ1n) is 5.30. The Hall–Kier alpha value is -0.0600. The van der Waals surface area contributed by atoms with E-state index in [1.165, 1.54) is 0 Å². The Morgan fingerprint density at radius 2 is 2.06 bits per heavy atom. The summed E-state index contributed by atoms with van der Waals surface area (Å²) >= 11 is 6.92. The summed E-state index contributed by atoms with van der Waals surface area (Å²) in [4.78, 5) is 0. The van der Waals surface area contributed by atoms with Crippen LogP contribution in [0.25, 0.3) is 0 Å². The molecule has 0 aromatic heterocycles. The predicted molar refractivity (Wildman–Crippen MR) is 75.8 cm³/mol. The molecule has 0 saturated heterocycles. The van der Waals surface area contributed by atoms with Gasteiger partial charge in [-0.15, -0.1) is 0 Å². The zero-order valence-electron chi connectivity index (χ0n) is 9.56. The van der Waals surface area contributed by atoms with Gasteiger partial charge >= 0.3 is 0 Å². The smallest absolute Gasteiger partial charge is 0.0501 e. The minimum absolute atomic E-state index is 0.0630. The van der Waals surface area contributed by atoms with Gasteiger partial charge in [-0.05, 0) is 40.5 Å². The number of hydrogen-bond donors (Lipinski definition) is 2. The number of hydrogen-bond acceptors (Lipinski definition) is 2. The average Bonchev–Trinajstić information content (AvgIpc) is 2.27. The van der Waals surface area contributed by atoms with Crippen molar-refractivity contribution in [1.29, 1.82) is 0 Å². The molecule has 1 aromatic carbocycles. The maximum Gasteiger partial charge on any atom is 0.0501 e. The third kappa shape index (κ3) is 3.75. The minimum Gasteiger partial charge on any atom is -0.396 e. The summed E-state index contributed by atoms with van der Waals surface area (Å²) in [5.41, 5.74) is 0.989. The molecule has 0 amide bonds. The lowest BCUT2D eigenvalue weighted by Crippen LogP contribution is -2.29. The van der Waals surface area contributed by atoms with Gasteiger partial charge in [0.1, 0.15) is 0 Å². The zero-order chi connectivity index (χ0) is 12.2. The number of benzene rings is 1. The van der Waals surface area contributed by atoms with Gasteiger partial charge in [0.25, 0.3) is 0 Å². The molecule has 0 saturated carbocycles. The monoisotopic (exact) mass is 349 g/mol. The average molecular weight is 351 g/mol. The molecule has 0 spiro atoms. The fraction of sp³-hybridized carbons (Fsp3) is 0.500. The number of rotatable bonds is 5. The molecule has 4 heteroatoms. The Morgan fingerprint density at radius 1 is 1.38 bits per heavy atom. The van der Waals surface area contributed by atoms with Gasteiger partial charge in [-0.3, -0.25) is 0 Å². The van der Waals surface area contributed by atoms with E-state index in [0.717, 1.165) is 27.6 Å². The first-order chi connectivity index (χ1) is 7.50. The number of anilines is 1. The van der Waals surface area contributed by atoms with Crippen molar-refractivity contribution in [3.63, 3.8) is 0 Å². The minimum atomic E-state index is -0.0630. The lowest BCUT2D eigenvalue weighted by molar-refractivity contribution is 0.149. The van der Waals surface area contributed by atoms with Gasteiger partial charge < -0.3 is 10.4 Å². The van der Waals surface area contributed by atoms with Gasteiger partial charge in [0.15, 0.2) is 0 Å². The summed E-state index contributed by atoms with van der Waals surface area (Å²) in [5.74, 6) is 0. The second-order valence-electron chi connectivity index (χ2n) is 4.30. The van der Waals surface area contributed by atoms with Gasteiger partial charge in [-0.2, -0.15) is 0 Å². The SMILES string of the molecule is CCC(C)(CO)CNc1ccc(Br)cc1Br. The van der Waals surface area contributed by atoms with Crippen LogP contribution in [0.5, 0.6) is 0 Å². The van der Waals surface area contributed by atoms with Crippen molar-refractivity contribution in [1.82, 2.24) is 0 Å². The number of halogens is 2. The van der Waals surface area contributed by atoms with E-state index < -0.39 is 0 Å². The second-order valence-corrected chi connectivity index (χ2v) is 6.07. The van der Waals surface area contributed by atoms with Crippen LogP contribution in [-0.4, -0.2) is 18.3 Å². The predicted octanol–water partition coefficient (Wildman–Crippen LogP) is 4.03. The molecule has 2 nitrogen and oxygen atoms in total. The molecule has 1 atom stereocenters. The quantitative estimate of drug-likeness (QED) is 0.840. The third-order valence-corrected chi connectivity index (χ3v) is 4.02. The second kappa shape index (κ2) is 6.03. The number of nitrogens with one attached hydrogen (secondary N) is 1. The molecule has 0 aliphatic heterocycles. The molecule has 0 bridgehead atoms. The molecular formula is C12H17Br2NO. The van der Waals surface area contributed by atoms with Gasteiger partial charge in [0, 0.05) is 26.6 Å². The van der Waals surface area contributed by atoms with Crippen LogP contribution in [0.15, 0.2) is 27.1 Å². The highest BCUT2D eigenvalue weighted by Crippen LogP contribution is 2.28. The van der Waals surface area contributed by atoms with E-state index in [4.69, 9.17) is 0 Å². The maximum absolute atomic E-state index is 9.32. The summed E-state index contributed by atoms with van der Waals surface area (Å²) in [6, 6.07) is 6.02. The van der Waals surface area contributed by atoms with Crippen LogP contribution in [0.3, 0.4) is 0 Å². The van der Waals surface area contributed by atoms with Crippen LogP contribution in [0.4, 0.5) is 5.69 Å². The van der Waals surface area contributed by atoms with Crippen LogP contribution < -0.4 is 5.32 Å². The molecule has 0 radical (unpaired) electrons. The van der Waals surface area contributed by atoms with Gasteiger partial charge in [0.2, 0.25) is 0 Å². The van der Waals surface area contributed by atoms with Crippen molar-refractivity contribution in [2.75, 3.05) is 18.5 Å². The first kappa shape index (κ1) is 14.0. The summed E-state index contributed by atoms with van der Waals surface area (Å²) in [6.45, 7) is 5.13. The Morgan fingerprint density at radius 3 is 2.56 bits per heavy atom. The van der Waals surface area contributed by atoms with Crippen LogP contribution in [0.1, 0.15) is 20.3 Å². The molecule has 1 rings (SSSR count). The fourth-order valence-corrected chi connectivity index (χ4v) is 2.42. The molecule has 0 heterocycles. The summed E-state index contributed by atoms with van der Waals surface area (Å²) in [6.07, 6.45) is 0.949. The highest BCUT2D eigenvalue weighted by Gasteiger charge is 2.20. The van der Waals surface area contributed by atoms with E-state index in [1.54, 1.807) is 0 Å². The zero-order valence-corrected chi connectivity index (χ0v) is 12.7. The van der Waals surface area contributed by atoms with Crippen LogP contribution in [0, 0.1) is 5.41 Å². The molecule has 16 heavy (non-hydrogen) atoms. The lowest BCUT2D eigenvalue weighted by atomic mass is 9.88. The van der Waals surface area contributed by atoms with E-state index >= 15 is 0 Å². The van der Waals surface area contributed by atoms with E-state index in [9.17, 15) is 5.11 Å². The van der Waals surface area contributed by atoms with E-state index in [0.29, 0.717) is 0 Å². The maximum atomic E-state index is 9.32. The molecular weight excluding hydrogens is 334 g/mol. The van der Waals surface area contributed by atoms with E-state index in [-0.39, 0.29) is 12.0 Å². The van der Waals surface area contributed by atoms with Crippen LogP contribution >= 0.6 is 31.9 Å². The first-order valence-corrected chi connectivity index (χ1v) is 6.89. The lowest BCUT2D eigenvalue weighted by Gasteiger charge is -2.26.